The third-order valence-electron chi connectivity index (χ3n) is 5.40. The van der Waals surface area contributed by atoms with Gasteiger partial charge in [-0.25, -0.2) is 0 Å². The van der Waals surface area contributed by atoms with E-state index in [4.69, 9.17) is 9.47 Å². The number of hydrogen-bond acceptors (Lipinski definition) is 6. The Labute approximate surface area is 186 Å². The summed E-state index contributed by atoms with van der Waals surface area (Å²) in [5.74, 6) is -0.115. The van der Waals surface area contributed by atoms with Gasteiger partial charge >= 0.3 is 0 Å². The van der Waals surface area contributed by atoms with Crippen molar-refractivity contribution in [1.82, 2.24) is 5.32 Å². The lowest BCUT2D eigenvalue weighted by Crippen LogP contribution is -2.24. The van der Waals surface area contributed by atoms with E-state index >= 15 is 0 Å². The smallest absolute Gasteiger partial charge is 0.286 e. The van der Waals surface area contributed by atoms with Gasteiger partial charge in [0.05, 0.1) is 24.7 Å². The van der Waals surface area contributed by atoms with Crippen molar-refractivity contribution in [2.75, 3.05) is 19.0 Å². The Morgan fingerprint density at radius 1 is 1.16 bits per heavy atom. The van der Waals surface area contributed by atoms with Crippen LogP contribution >= 0.6 is 0 Å². The van der Waals surface area contributed by atoms with Gasteiger partial charge in [-0.2, -0.15) is 0 Å². The monoisotopic (exact) mass is 441 g/mol. The first kappa shape index (κ1) is 23.1. The second-order valence-electron chi connectivity index (χ2n) is 7.56. The number of nitro benzene ring substituents is 1. The highest BCUT2D eigenvalue weighted by atomic mass is 16.6. The van der Waals surface area contributed by atoms with Gasteiger partial charge < -0.3 is 20.1 Å². The Kier molecular flexibility index (Phi) is 7.64. The maximum absolute atomic E-state index is 12.7. The van der Waals surface area contributed by atoms with Crippen LogP contribution < -0.4 is 20.1 Å². The Morgan fingerprint density at radius 2 is 1.91 bits per heavy atom. The quantitative estimate of drug-likeness (QED) is 0.447. The van der Waals surface area contributed by atoms with Crippen molar-refractivity contribution in [2.45, 2.75) is 39.2 Å². The molecule has 0 saturated heterocycles. The Balaban J connectivity index is 1.71. The molecule has 0 heterocycles. The van der Waals surface area contributed by atoms with Gasteiger partial charge in [-0.15, -0.1) is 0 Å². The van der Waals surface area contributed by atoms with Gasteiger partial charge in [0.15, 0.2) is 11.5 Å². The number of nitrogens with one attached hydrogen (secondary N) is 2. The molecule has 32 heavy (non-hydrogen) atoms. The number of nitrogens with zero attached hydrogens (tertiary/aromatic N) is 1. The molecule has 2 N–H and O–H groups in total. The Bertz CT molecular complexity index is 1000. The molecule has 170 valence electrons. The molecule has 0 bridgehead atoms. The van der Waals surface area contributed by atoms with E-state index in [1.54, 1.807) is 31.2 Å². The van der Waals surface area contributed by atoms with E-state index < -0.39 is 10.8 Å². The summed E-state index contributed by atoms with van der Waals surface area (Å²) in [7, 11) is 1.40. The molecule has 9 nitrogen and oxygen atoms in total. The zero-order valence-electron chi connectivity index (χ0n) is 18.2. The molecule has 0 spiro atoms. The average molecular weight is 441 g/mol. The maximum Gasteiger partial charge on any atom is 0.286 e. The van der Waals surface area contributed by atoms with E-state index in [0.717, 1.165) is 31.2 Å². The van der Waals surface area contributed by atoms with Gasteiger partial charge in [-0.3, -0.25) is 19.7 Å². The largest absolute Gasteiger partial charge is 0.493 e. The number of carbonyl (C=O) groups excluding carboxylic acids is 2. The van der Waals surface area contributed by atoms with Crippen LogP contribution in [0.1, 0.15) is 48.5 Å². The van der Waals surface area contributed by atoms with Gasteiger partial charge in [0, 0.05) is 24.2 Å². The molecule has 0 radical (unpaired) electrons. The summed E-state index contributed by atoms with van der Waals surface area (Å²) in [5, 5.41) is 17.1. The van der Waals surface area contributed by atoms with E-state index in [9.17, 15) is 19.7 Å². The summed E-state index contributed by atoms with van der Waals surface area (Å²) in [6.07, 6.45) is 3.97. The molecule has 1 saturated carbocycles. The van der Waals surface area contributed by atoms with Crippen molar-refractivity contribution in [3.63, 3.8) is 0 Å². The second-order valence-corrected chi connectivity index (χ2v) is 7.56. The van der Waals surface area contributed by atoms with Gasteiger partial charge in [0.25, 0.3) is 11.6 Å². The van der Waals surface area contributed by atoms with E-state index in [1.807, 2.05) is 0 Å². The van der Waals surface area contributed by atoms with E-state index in [2.05, 4.69) is 10.6 Å². The van der Waals surface area contributed by atoms with Crippen molar-refractivity contribution in [3.05, 3.63) is 57.6 Å². The molecular weight excluding hydrogens is 414 g/mol. The van der Waals surface area contributed by atoms with Crippen LogP contribution in [0.15, 0.2) is 36.4 Å². The summed E-state index contributed by atoms with van der Waals surface area (Å²) >= 11 is 0. The van der Waals surface area contributed by atoms with Gasteiger partial charge in [-0.05, 0) is 37.5 Å². The Hall–Kier alpha value is -3.62. The number of rotatable bonds is 9. The number of methoxy groups -OCH3 is 1. The number of anilines is 1. The van der Waals surface area contributed by atoms with E-state index in [-0.39, 0.29) is 41.1 Å². The number of ether oxygens (including phenoxy) is 2. The fraction of sp³-hybridized carbons (Fsp3) is 0.391. The first-order chi connectivity index (χ1) is 15.4. The summed E-state index contributed by atoms with van der Waals surface area (Å²) in [5.41, 5.74) is 0.913. The van der Waals surface area contributed by atoms with Gasteiger partial charge in [0.1, 0.15) is 5.56 Å². The first-order valence-corrected chi connectivity index (χ1v) is 10.6. The molecule has 1 aliphatic carbocycles. The third kappa shape index (κ3) is 5.54. The van der Waals surface area contributed by atoms with Crippen LogP contribution in [0.2, 0.25) is 0 Å². The van der Waals surface area contributed by atoms with Gasteiger partial charge in [-0.1, -0.05) is 25.0 Å². The lowest BCUT2D eigenvalue weighted by atomic mass is 10.1. The van der Waals surface area contributed by atoms with E-state index in [1.165, 1.54) is 19.2 Å². The van der Waals surface area contributed by atoms with Gasteiger partial charge in [0.2, 0.25) is 5.91 Å². The molecule has 0 aliphatic heterocycles. The minimum Gasteiger partial charge on any atom is -0.493 e. The minimum absolute atomic E-state index is 0.0146. The fourth-order valence-electron chi connectivity index (χ4n) is 3.78. The molecule has 1 aliphatic rings. The first-order valence-electron chi connectivity index (χ1n) is 10.6. The summed E-state index contributed by atoms with van der Waals surface area (Å²) in [6.45, 7) is 2.18. The third-order valence-corrected chi connectivity index (χ3v) is 5.40. The molecule has 0 aromatic heterocycles. The van der Waals surface area contributed by atoms with Crippen LogP contribution in [-0.4, -0.2) is 30.5 Å². The molecule has 2 aromatic carbocycles. The van der Waals surface area contributed by atoms with Crippen LogP contribution in [0.25, 0.3) is 0 Å². The number of carbonyl (C=O) groups is 2. The van der Waals surface area contributed by atoms with Crippen molar-refractivity contribution in [3.8, 4) is 11.5 Å². The molecule has 0 atom stereocenters. The molecule has 9 heteroatoms. The predicted molar refractivity (Wildman–Crippen MR) is 119 cm³/mol. The zero-order chi connectivity index (χ0) is 23.1. The number of hydrogen-bond donors (Lipinski definition) is 2. The van der Waals surface area contributed by atoms with Crippen LogP contribution in [0.3, 0.4) is 0 Å². The second kappa shape index (κ2) is 10.6. The normalized spacial score (nSPS) is 13.4. The SMILES string of the molecule is CCOc1cc([N+](=O)[O-])c(C(=O)NCc2cccc(NC(=O)C3CCCC3)c2)cc1OC. The maximum atomic E-state index is 12.7. The highest BCUT2D eigenvalue weighted by Crippen LogP contribution is 2.34. The standard InChI is InChI=1S/C23H27N3O6/c1-3-32-21-13-19(26(29)30)18(12-20(21)31-2)23(28)24-14-15-7-6-10-17(11-15)25-22(27)16-8-4-5-9-16/h6-7,10-13,16H,3-5,8-9,14H2,1-2H3,(H,24,28)(H,25,27). The van der Waals surface area contributed by atoms with Crippen molar-refractivity contribution in [1.29, 1.82) is 0 Å². The topological polar surface area (TPSA) is 120 Å². The fourth-order valence-corrected chi connectivity index (χ4v) is 3.78. The van der Waals surface area contributed by atoms with E-state index in [0.29, 0.717) is 12.3 Å². The van der Waals surface area contributed by atoms with Crippen LogP contribution in [0.5, 0.6) is 11.5 Å². The highest BCUT2D eigenvalue weighted by molar-refractivity contribution is 5.99. The lowest BCUT2D eigenvalue weighted by molar-refractivity contribution is -0.385. The highest BCUT2D eigenvalue weighted by Gasteiger charge is 2.25. The predicted octanol–water partition coefficient (Wildman–Crippen LogP) is 4.06. The molecule has 2 aromatic rings. The molecule has 0 unspecified atom stereocenters. The number of nitro groups is 1. The number of benzene rings is 2. The summed E-state index contributed by atoms with van der Waals surface area (Å²) in [6, 6.07) is 9.65. The summed E-state index contributed by atoms with van der Waals surface area (Å²) in [4.78, 5) is 36.0. The van der Waals surface area contributed by atoms with Crippen molar-refractivity contribution in [2.24, 2.45) is 5.92 Å². The van der Waals surface area contributed by atoms with Crippen LogP contribution in [-0.2, 0) is 11.3 Å². The average Bonchev–Trinajstić information content (AvgIpc) is 3.33. The molecule has 1 fully saturated rings. The number of amides is 2. The molecular formula is C23H27N3O6. The summed E-state index contributed by atoms with van der Waals surface area (Å²) < 4.78 is 10.6. The van der Waals surface area contributed by atoms with Crippen molar-refractivity contribution >= 4 is 23.2 Å². The minimum atomic E-state index is -0.629. The van der Waals surface area contributed by atoms with Crippen molar-refractivity contribution < 1.29 is 24.0 Å². The zero-order valence-corrected chi connectivity index (χ0v) is 18.2. The molecule has 3 rings (SSSR count). The van der Waals surface area contributed by atoms with Crippen LogP contribution in [0.4, 0.5) is 11.4 Å². The molecule has 2 amide bonds. The Morgan fingerprint density at radius 3 is 2.56 bits per heavy atom. The van der Waals surface area contributed by atoms with Crippen LogP contribution in [0, 0.1) is 16.0 Å². The lowest BCUT2D eigenvalue weighted by Gasteiger charge is -2.13.